The number of carbonyl (C=O) groups excluding carboxylic acids is 2. The van der Waals surface area contributed by atoms with E-state index in [-0.39, 0.29) is 11.9 Å². The Morgan fingerprint density at radius 1 is 1.16 bits per heavy atom. The molecule has 2 aromatic heterocycles. The number of nitrogens with zero attached hydrogens (tertiary/aromatic N) is 4. The number of nitrogens with two attached hydrogens (primary N) is 1. The van der Waals surface area contributed by atoms with Crippen LogP contribution >= 0.6 is 0 Å². The average Bonchev–Trinajstić information content (AvgIpc) is 3.16. The van der Waals surface area contributed by atoms with E-state index in [2.05, 4.69) is 48.2 Å². The van der Waals surface area contributed by atoms with Gasteiger partial charge in [0.15, 0.2) is 5.65 Å². The van der Waals surface area contributed by atoms with E-state index in [4.69, 9.17) is 5.73 Å². The molecule has 164 valence electrons. The van der Waals surface area contributed by atoms with Crippen LogP contribution in [0, 0.1) is 20.8 Å². The van der Waals surface area contributed by atoms with Crippen LogP contribution in [-0.2, 0) is 17.6 Å². The number of rotatable bonds is 8. The second-order valence-electron chi connectivity index (χ2n) is 8.18. The number of likely N-dealkylation sites (N-methyl/N-ethyl adjacent to an activating group) is 1. The monoisotopic (exact) mass is 421 g/mol. The highest BCUT2D eigenvalue weighted by Crippen LogP contribution is 2.20. The smallest absolute Gasteiger partial charge is 0.254 e. The highest BCUT2D eigenvalue weighted by molar-refractivity contribution is 5.98. The van der Waals surface area contributed by atoms with Crippen molar-refractivity contribution >= 4 is 17.5 Å². The van der Waals surface area contributed by atoms with Gasteiger partial charge >= 0.3 is 0 Å². The SMILES string of the molecule is CC[C@@H](Cc1ccc(C)cc1)N(C)C(=O)CCc1c(C)nc2c(C(N)=O)cnn2c1C. The third-order valence-electron chi connectivity index (χ3n) is 6.07. The Hall–Kier alpha value is -3.22. The third-order valence-corrected chi connectivity index (χ3v) is 6.07. The summed E-state index contributed by atoms with van der Waals surface area (Å²) in [7, 11) is 1.89. The van der Waals surface area contributed by atoms with Gasteiger partial charge in [-0.3, -0.25) is 9.59 Å². The zero-order valence-corrected chi connectivity index (χ0v) is 19.0. The molecule has 7 nitrogen and oxygen atoms in total. The summed E-state index contributed by atoms with van der Waals surface area (Å²) in [5, 5.41) is 4.26. The lowest BCUT2D eigenvalue weighted by molar-refractivity contribution is -0.132. The molecule has 0 spiro atoms. The number of benzene rings is 1. The standard InChI is InChI=1S/C24H31N5O2/c1-6-19(13-18-9-7-15(2)8-10-18)28(5)22(30)12-11-20-16(3)27-24-21(23(25)31)14-26-29(24)17(20)4/h7-10,14,19H,6,11-13H2,1-5H3,(H2,25,31)/t19-/m0/s1. The van der Waals surface area contributed by atoms with Gasteiger partial charge in [-0.1, -0.05) is 36.8 Å². The Kier molecular flexibility index (Phi) is 6.73. The van der Waals surface area contributed by atoms with E-state index in [9.17, 15) is 9.59 Å². The van der Waals surface area contributed by atoms with Crippen molar-refractivity contribution in [1.29, 1.82) is 0 Å². The van der Waals surface area contributed by atoms with Gasteiger partial charge < -0.3 is 10.6 Å². The van der Waals surface area contributed by atoms with Gasteiger partial charge in [0.05, 0.1) is 6.20 Å². The molecule has 2 amide bonds. The van der Waals surface area contributed by atoms with Crippen LogP contribution in [0.4, 0.5) is 0 Å². The molecule has 7 heteroatoms. The number of aromatic nitrogens is 3. The second-order valence-corrected chi connectivity index (χ2v) is 8.18. The Balaban J connectivity index is 1.72. The van der Waals surface area contributed by atoms with Crippen LogP contribution in [0.2, 0.25) is 0 Å². The summed E-state index contributed by atoms with van der Waals surface area (Å²) in [4.78, 5) is 31.0. The van der Waals surface area contributed by atoms with Gasteiger partial charge in [0.2, 0.25) is 5.91 Å². The van der Waals surface area contributed by atoms with Gasteiger partial charge in [0.25, 0.3) is 5.91 Å². The first-order chi connectivity index (χ1) is 14.7. The molecule has 0 radical (unpaired) electrons. The third kappa shape index (κ3) is 4.76. The van der Waals surface area contributed by atoms with Gasteiger partial charge in [-0.05, 0) is 51.2 Å². The largest absolute Gasteiger partial charge is 0.365 e. The number of hydrogen-bond donors (Lipinski definition) is 1. The topological polar surface area (TPSA) is 93.6 Å². The fourth-order valence-electron chi connectivity index (χ4n) is 4.01. The highest BCUT2D eigenvalue weighted by atomic mass is 16.2. The lowest BCUT2D eigenvalue weighted by Crippen LogP contribution is -2.38. The van der Waals surface area contributed by atoms with E-state index in [0.29, 0.717) is 24.1 Å². The number of aryl methyl sites for hydroxylation is 3. The minimum absolute atomic E-state index is 0.108. The molecule has 2 heterocycles. The zero-order chi connectivity index (χ0) is 22.7. The molecule has 0 saturated heterocycles. The molecule has 0 fully saturated rings. The summed E-state index contributed by atoms with van der Waals surface area (Å²) >= 11 is 0. The first-order valence-electron chi connectivity index (χ1n) is 10.7. The van der Waals surface area contributed by atoms with E-state index >= 15 is 0 Å². The molecule has 2 N–H and O–H groups in total. The van der Waals surface area contributed by atoms with E-state index in [1.807, 2.05) is 25.8 Å². The molecule has 0 aliphatic carbocycles. The molecule has 0 saturated carbocycles. The van der Waals surface area contributed by atoms with Crippen molar-refractivity contribution in [2.24, 2.45) is 5.73 Å². The van der Waals surface area contributed by atoms with E-state index < -0.39 is 5.91 Å². The van der Waals surface area contributed by atoms with Crippen LogP contribution in [0.15, 0.2) is 30.5 Å². The first kappa shape index (κ1) is 22.5. The predicted molar refractivity (Wildman–Crippen MR) is 121 cm³/mol. The molecular weight excluding hydrogens is 390 g/mol. The number of carbonyl (C=O) groups is 2. The normalized spacial score (nSPS) is 12.2. The highest BCUT2D eigenvalue weighted by Gasteiger charge is 2.21. The Labute approximate surface area is 183 Å². The lowest BCUT2D eigenvalue weighted by Gasteiger charge is -2.28. The lowest BCUT2D eigenvalue weighted by atomic mass is 10.0. The predicted octanol–water partition coefficient (Wildman–Crippen LogP) is 3.17. The maximum Gasteiger partial charge on any atom is 0.254 e. The first-order valence-corrected chi connectivity index (χ1v) is 10.7. The molecular formula is C24H31N5O2. The van der Waals surface area contributed by atoms with Crippen LogP contribution in [0.25, 0.3) is 5.65 Å². The number of amides is 2. The maximum absolute atomic E-state index is 13.0. The maximum atomic E-state index is 13.0. The minimum Gasteiger partial charge on any atom is -0.365 e. The fraction of sp³-hybridized carbons (Fsp3) is 0.417. The molecule has 0 aliphatic heterocycles. The van der Waals surface area contributed by atoms with Crippen LogP contribution in [0.5, 0.6) is 0 Å². The molecule has 0 bridgehead atoms. The Morgan fingerprint density at radius 2 is 1.84 bits per heavy atom. The van der Waals surface area contributed by atoms with Crippen molar-refractivity contribution in [2.75, 3.05) is 7.05 Å². The summed E-state index contributed by atoms with van der Waals surface area (Å²) in [5.74, 6) is -0.443. The zero-order valence-electron chi connectivity index (χ0n) is 19.0. The quantitative estimate of drug-likeness (QED) is 0.604. The van der Waals surface area contributed by atoms with Gasteiger partial charge in [-0.25, -0.2) is 9.50 Å². The van der Waals surface area contributed by atoms with Crippen LogP contribution in [0.3, 0.4) is 0 Å². The summed E-state index contributed by atoms with van der Waals surface area (Å²) in [6, 6.07) is 8.64. The Bertz CT molecular complexity index is 1100. The summed E-state index contributed by atoms with van der Waals surface area (Å²) in [5.41, 5.74) is 11.3. The average molecular weight is 422 g/mol. The van der Waals surface area contributed by atoms with Gasteiger partial charge in [-0.2, -0.15) is 5.10 Å². The second kappa shape index (κ2) is 9.29. The summed E-state index contributed by atoms with van der Waals surface area (Å²) in [6.07, 6.45) is 4.13. The molecule has 3 rings (SSSR count). The van der Waals surface area contributed by atoms with Crippen LogP contribution in [0.1, 0.15) is 58.2 Å². The van der Waals surface area contributed by atoms with Crippen molar-refractivity contribution < 1.29 is 9.59 Å². The molecule has 0 aliphatic rings. The van der Waals surface area contributed by atoms with Gasteiger partial charge in [0, 0.05) is 30.9 Å². The van der Waals surface area contributed by atoms with Gasteiger partial charge in [-0.15, -0.1) is 0 Å². The molecule has 31 heavy (non-hydrogen) atoms. The molecule has 1 aromatic carbocycles. The minimum atomic E-state index is -0.551. The molecule has 0 unspecified atom stereocenters. The van der Waals surface area contributed by atoms with Crippen molar-refractivity contribution in [2.45, 2.75) is 59.4 Å². The van der Waals surface area contributed by atoms with E-state index in [0.717, 1.165) is 29.8 Å². The fourth-order valence-corrected chi connectivity index (χ4v) is 4.01. The van der Waals surface area contributed by atoms with Gasteiger partial charge in [0.1, 0.15) is 5.56 Å². The van der Waals surface area contributed by atoms with E-state index in [1.165, 1.54) is 17.3 Å². The number of fused-ring (bicyclic) bond motifs is 1. The van der Waals surface area contributed by atoms with Crippen LogP contribution in [-0.4, -0.2) is 44.4 Å². The summed E-state index contributed by atoms with van der Waals surface area (Å²) in [6.45, 7) is 8.00. The Morgan fingerprint density at radius 3 is 2.45 bits per heavy atom. The molecule has 3 aromatic rings. The van der Waals surface area contributed by atoms with Crippen molar-refractivity contribution in [3.63, 3.8) is 0 Å². The number of hydrogen-bond acceptors (Lipinski definition) is 4. The van der Waals surface area contributed by atoms with Crippen molar-refractivity contribution in [3.05, 3.63) is 64.1 Å². The van der Waals surface area contributed by atoms with Crippen molar-refractivity contribution in [1.82, 2.24) is 19.5 Å². The van der Waals surface area contributed by atoms with Crippen LogP contribution < -0.4 is 5.73 Å². The molecule has 1 atom stereocenters. The number of primary amides is 1. The van der Waals surface area contributed by atoms with E-state index in [1.54, 1.807) is 4.52 Å². The summed E-state index contributed by atoms with van der Waals surface area (Å²) < 4.78 is 1.63. The van der Waals surface area contributed by atoms with Crippen molar-refractivity contribution in [3.8, 4) is 0 Å².